The molecule has 3 rings (SSSR count). The average Bonchev–Trinajstić information content (AvgIpc) is 3.03. The van der Waals surface area contributed by atoms with Gasteiger partial charge in [-0.2, -0.15) is 0 Å². The number of fused-ring (bicyclic) bond motifs is 1. The molecule has 1 aromatic heterocycles. The lowest BCUT2D eigenvalue weighted by Crippen LogP contribution is -2.32. The van der Waals surface area contributed by atoms with E-state index < -0.39 is 0 Å². The zero-order valence-electron chi connectivity index (χ0n) is 13.9. The molecule has 2 aromatic carbocycles. The minimum absolute atomic E-state index is 0.00911. The number of hydrogen-bond donors (Lipinski definition) is 2. The Labute approximate surface area is 146 Å². The number of hydrogen-bond acceptors (Lipinski definition) is 3. The second-order valence-corrected chi connectivity index (χ2v) is 6.75. The molecule has 0 saturated heterocycles. The highest BCUT2D eigenvalue weighted by atomic mass is 32.2. The van der Waals surface area contributed by atoms with Gasteiger partial charge in [-0.05, 0) is 37.1 Å². The molecule has 3 aromatic rings. The fourth-order valence-corrected chi connectivity index (χ4v) is 3.30. The van der Waals surface area contributed by atoms with E-state index in [4.69, 9.17) is 0 Å². The predicted molar refractivity (Wildman–Crippen MR) is 99.3 cm³/mol. The van der Waals surface area contributed by atoms with Gasteiger partial charge in [-0.3, -0.25) is 4.79 Å². The lowest BCUT2D eigenvalue weighted by molar-refractivity contribution is 0.0938. The van der Waals surface area contributed by atoms with E-state index >= 15 is 0 Å². The molecule has 5 heteroatoms. The Morgan fingerprint density at radius 3 is 2.75 bits per heavy atom. The minimum Gasteiger partial charge on any atom is -0.350 e. The normalized spacial score (nSPS) is 12.2. The molecular weight excluding hydrogens is 318 g/mol. The van der Waals surface area contributed by atoms with Crippen molar-refractivity contribution in [3.05, 3.63) is 59.7 Å². The number of rotatable bonds is 6. The first-order valence-electron chi connectivity index (χ1n) is 8.13. The molecule has 0 radical (unpaired) electrons. The van der Waals surface area contributed by atoms with Crippen LogP contribution in [-0.2, 0) is 5.75 Å². The number of thioether (sulfide) groups is 1. The second kappa shape index (κ2) is 7.53. The first kappa shape index (κ1) is 16.6. The van der Waals surface area contributed by atoms with Gasteiger partial charge in [-0.15, -0.1) is 0 Å². The SMILES string of the molecule is CCC(C)NC(=O)c1ccccc1CSc1nc2ccccc2[nH]1. The van der Waals surface area contributed by atoms with Crippen molar-refractivity contribution in [1.29, 1.82) is 0 Å². The molecule has 124 valence electrons. The first-order valence-corrected chi connectivity index (χ1v) is 9.12. The Morgan fingerprint density at radius 1 is 1.21 bits per heavy atom. The number of nitrogens with zero attached hydrogens (tertiary/aromatic N) is 1. The molecule has 0 saturated carbocycles. The maximum atomic E-state index is 12.4. The van der Waals surface area contributed by atoms with Crippen LogP contribution in [0.25, 0.3) is 11.0 Å². The molecule has 0 aliphatic carbocycles. The largest absolute Gasteiger partial charge is 0.350 e. The van der Waals surface area contributed by atoms with Crippen LogP contribution in [0.2, 0.25) is 0 Å². The number of carbonyl (C=O) groups excluding carboxylic acids is 1. The third-order valence-electron chi connectivity index (χ3n) is 3.98. The van der Waals surface area contributed by atoms with Gasteiger partial charge in [0.05, 0.1) is 11.0 Å². The second-order valence-electron chi connectivity index (χ2n) is 5.79. The van der Waals surface area contributed by atoms with E-state index in [0.717, 1.165) is 33.7 Å². The van der Waals surface area contributed by atoms with Crippen molar-refractivity contribution in [2.75, 3.05) is 0 Å². The van der Waals surface area contributed by atoms with Gasteiger partial charge < -0.3 is 10.3 Å². The van der Waals surface area contributed by atoms with Crippen LogP contribution in [0.15, 0.2) is 53.7 Å². The molecule has 1 amide bonds. The number of para-hydroxylation sites is 2. The Balaban J connectivity index is 1.74. The molecular formula is C19H21N3OS. The number of nitrogens with one attached hydrogen (secondary N) is 2. The molecule has 0 aliphatic rings. The summed E-state index contributed by atoms with van der Waals surface area (Å²) in [4.78, 5) is 20.3. The Bertz CT molecular complexity index is 810. The summed E-state index contributed by atoms with van der Waals surface area (Å²) in [6.07, 6.45) is 0.918. The van der Waals surface area contributed by atoms with Gasteiger partial charge in [0.1, 0.15) is 0 Å². The first-order chi connectivity index (χ1) is 11.7. The smallest absolute Gasteiger partial charge is 0.251 e. The van der Waals surface area contributed by atoms with E-state index in [2.05, 4.69) is 22.2 Å². The molecule has 0 fully saturated rings. The van der Waals surface area contributed by atoms with Crippen LogP contribution in [0.4, 0.5) is 0 Å². The van der Waals surface area contributed by atoms with Gasteiger partial charge in [0.2, 0.25) is 0 Å². The topological polar surface area (TPSA) is 57.8 Å². The summed E-state index contributed by atoms with van der Waals surface area (Å²) in [5.41, 5.74) is 3.75. The van der Waals surface area contributed by atoms with Crippen LogP contribution < -0.4 is 5.32 Å². The van der Waals surface area contributed by atoms with Crippen LogP contribution in [0.5, 0.6) is 0 Å². The lowest BCUT2D eigenvalue weighted by Gasteiger charge is -2.13. The minimum atomic E-state index is -0.00911. The molecule has 1 unspecified atom stereocenters. The number of carbonyl (C=O) groups is 1. The van der Waals surface area contributed by atoms with Crippen molar-refractivity contribution < 1.29 is 4.79 Å². The van der Waals surface area contributed by atoms with Gasteiger partial charge >= 0.3 is 0 Å². The van der Waals surface area contributed by atoms with Gasteiger partial charge in [-0.25, -0.2) is 4.98 Å². The number of aromatic nitrogens is 2. The molecule has 1 atom stereocenters. The summed E-state index contributed by atoms with van der Waals surface area (Å²) in [5, 5.41) is 3.90. The number of H-pyrrole nitrogens is 1. The summed E-state index contributed by atoms with van der Waals surface area (Å²) in [7, 11) is 0. The number of imidazole rings is 1. The van der Waals surface area contributed by atoms with Crippen LogP contribution in [0, 0.1) is 0 Å². The van der Waals surface area contributed by atoms with Crippen molar-refractivity contribution in [1.82, 2.24) is 15.3 Å². The van der Waals surface area contributed by atoms with Crippen molar-refractivity contribution in [2.24, 2.45) is 0 Å². The van der Waals surface area contributed by atoms with E-state index in [9.17, 15) is 4.79 Å². The molecule has 24 heavy (non-hydrogen) atoms. The van der Waals surface area contributed by atoms with E-state index in [1.807, 2.05) is 55.5 Å². The van der Waals surface area contributed by atoms with Gasteiger partial charge in [-0.1, -0.05) is 49.0 Å². The fourth-order valence-electron chi connectivity index (χ4n) is 2.42. The van der Waals surface area contributed by atoms with Crippen molar-refractivity contribution in [2.45, 2.75) is 37.2 Å². The number of amides is 1. The van der Waals surface area contributed by atoms with Crippen molar-refractivity contribution in [3.8, 4) is 0 Å². The summed E-state index contributed by atoms with van der Waals surface area (Å²) >= 11 is 1.61. The third kappa shape index (κ3) is 3.79. The summed E-state index contributed by atoms with van der Waals surface area (Å²) in [5.74, 6) is 0.689. The molecule has 4 nitrogen and oxygen atoms in total. The van der Waals surface area contributed by atoms with Crippen LogP contribution in [-0.4, -0.2) is 21.9 Å². The Morgan fingerprint density at radius 2 is 1.96 bits per heavy atom. The number of aromatic amines is 1. The van der Waals surface area contributed by atoms with Crippen LogP contribution >= 0.6 is 11.8 Å². The standard InChI is InChI=1S/C19H21N3OS/c1-3-13(2)20-18(23)15-9-5-4-8-14(15)12-24-19-21-16-10-6-7-11-17(16)22-19/h4-11,13H,3,12H2,1-2H3,(H,20,23)(H,21,22). The van der Waals surface area contributed by atoms with E-state index in [0.29, 0.717) is 5.75 Å². The Hall–Kier alpha value is -2.27. The molecule has 2 N–H and O–H groups in total. The zero-order valence-corrected chi connectivity index (χ0v) is 14.7. The molecule has 1 heterocycles. The molecule has 0 spiro atoms. The van der Waals surface area contributed by atoms with Crippen molar-refractivity contribution in [3.63, 3.8) is 0 Å². The molecule has 0 aliphatic heterocycles. The van der Waals surface area contributed by atoms with E-state index in [1.54, 1.807) is 11.8 Å². The van der Waals surface area contributed by atoms with Gasteiger partial charge in [0, 0.05) is 17.4 Å². The average molecular weight is 339 g/mol. The number of benzene rings is 2. The predicted octanol–water partition coefficient (Wildman–Crippen LogP) is 4.38. The zero-order chi connectivity index (χ0) is 16.9. The highest BCUT2D eigenvalue weighted by Crippen LogP contribution is 2.24. The highest BCUT2D eigenvalue weighted by molar-refractivity contribution is 7.98. The summed E-state index contributed by atoms with van der Waals surface area (Å²) in [6.45, 7) is 4.08. The quantitative estimate of drug-likeness (QED) is 0.655. The van der Waals surface area contributed by atoms with Crippen molar-refractivity contribution >= 4 is 28.7 Å². The van der Waals surface area contributed by atoms with Gasteiger partial charge in [0.25, 0.3) is 5.91 Å². The molecule has 0 bridgehead atoms. The summed E-state index contributed by atoms with van der Waals surface area (Å²) in [6, 6.07) is 15.9. The monoisotopic (exact) mass is 339 g/mol. The fraction of sp³-hybridized carbons (Fsp3) is 0.263. The van der Waals surface area contributed by atoms with Crippen LogP contribution in [0.3, 0.4) is 0 Å². The maximum Gasteiger partial charge on any atom is 0.251 e. The van der Waals surface area contributed by atoms with Crippen LogP contribution in [0.1, 0.15) is 36.2 Å². The lowest BCUT2D eigenvalue weighted by atomic mass is 10.1. The van der Waals surface area contributed by atoms with Gasteiger partial charge in [0.15, 0.2) is 5.16 Å². The Kier molecular flexibility index (Phi) is 5.20. The third-order valence-corrected chi connectivity index (χ3v) is 4.91. The highest BCUT2D eigenvalue weighted by Gasteiger charge is 2.13. The maximum absolute atomic E-state index is 12.4. The van der Waals surface area contributed by atoms with E-state index in [-0.39, 0.29) is 11.9 Å². The summed E-state index contributed by atoms with van der Waals surface area (Å²) < 4.78 is 0. The van der Waals surface area contributed by atoms with E-state index in [1.165, 1.54) is 0 Å².